The average molecular weight is 250 g/mol. The van der Waals surface area contributed by atoms with E-state index in [0.29, 0.717) is 11.1 Å². The van der Waals surface area contributed by atoms with Crippen molar-refractivity contribution >= 4 is 5.97 Å². The van der Waals surface area contributed by atoms with Gasteiger partial charge in [-0.2, -0.15) is 0 Å². The first kappa shape index (κ1) is 12.2. The van der Waals surface area contributed by atoms with E-state index in [0.717, 1.165) is 0 Å². The van der Waals surface area contributed by atoms with Crippen molar-refractivity contribution in [3.63, 3.8) is 0 Å². The summed E-state index contributed by atoms with van der Waals surface area (Å²) in [6.07, 6.45) is 0.118. The van der Waals surface area contributed by atoms with Gasteiger partial charge in [0.1, 0.15) is 5.82 Å². The van der Waals surface area contributed by atoms with Crippen molar-refractivity contribution in [2.45, 2.75) is 19.8 Å². The second-order valence-electron chi connectivity index (χ2n) is 3.86. The van der Waals surface area contributed by atoms with Gasteiger partial charge in [0.05, 0.1) is 6.42 Å². The zero-order valence-electron chi connectivity index (χ0n) is 9.68. The van der Waals surface area contributed by atoms with Gasteiger partial charge >= 0.3 is 5.97 Å². The first-order chi connectivity index (χ1) is 8.56. The number of rotatable bonds is 4. The first-order valence-electron chi connectivity index (χ1n) is 5.37. The number of hydrogen-bond acceptors (Lipinski definition) is 4. The van der Waals surface area contributed by atoms with Crippen LogP contribution in [0.3, 0.4) is 0 Å². The van der Waals surface area contributed by atoms with Gasteiger partial charge in [-0.15, -0.1) is 10.2 Å². The molecule has 0 amide bonds. The maximum atomic E-state index is 13.1. The Morgan fingerprint density at radius 2 is 2.22 bits per heavy atom. The van der Waals surface area contributed by atoms with Crippen molar-refractivity contribution in [3.05, 3.63) is 35.5 Å². The Morgan fingerprint density at radius 1 is 1.44 bits per heavy atom. The van der Waals surface area contributed by atoms with Crippen molar-refractivity contribution in [1.82, 2.24) is 10.2 Å². The van der Waals surface area contributed by atoms with Gasteiger partial charge in [0.2, 0.25) is 11.8 Å². The largest absolute Gasteiger partial charge is 0.481 e. The Labute approximate surface area is 102 Å². The van der Waals surface area contributed by atoms with Gasteiger partial charge in [0, 0.05) is 12.0 Å². The maximum absolute atomic E-state index is 13.1. The molecule has 0 saturated carbocycles. The number of aromatic nitrogens is 2. The quantitative estimate of drug-likeness (QED) is 0.900. The van der Waals surface area contributed by atoms with Crippen LogP contribution in [0.15, 0.2) is 22.6 Å². The molecule has 0 aliphatic carbocycles. The monoisotopic (exact) mass is 250 g/mol. The lowest BCUT2D eigenvalue weighted by atomic mass is 10.1. The smallest absolute Gasteiger partial charge is 0.303 e. The zero-order chi connectivity index (χ0) is 13.1. The highest BCUT2D eigenvalue weighted by Crippen LogP contribution is 2.20. The number of carbonyl (C=O) groups is 1. The van der Waals surface area contributed by atoms with Crippen LogP contribution < -0.4 is 0 Å². The summed E-state index contributed by atoms with van der Waals surface area (Å²) in [6, 6.07) is 4.46. The van der Waals surface area contributed by atoms with E-state index in [2.05, 4.69) is 10.2 Å². The van der Waals surface area contributed by atoms with Crippen LogP contribution in [-0.4, -0.2) is 21.3 Å². The predicted molar refractivity (Wildman–Crippen MR) is 60.4 cm³/mol. The van der Waals surface area contributed by atoms with Gasteiger partial charge in [-0.3, -0.25) is 4.79 Å². The van der Waals surface area contributed by atoms with Crippen LogP contribution in [0.1, 0.15) is 17.9 Å². The van der Waals surface area contributed by atoms with E-state index < -0.39 is 5.97 Å². The van der Waals surface area contributed by atoms with Crippen molar-refractivity contribution in [3.8, 4) is 11.5 Å². The molecule has 0 aliphatic rings. The minimum Gasteiger partial charge on any atom is -0.481 e. The molecule has 2 aromatic rings. The molecule has 94 valence electrons. The molecular formula is C12H11FN2O3. The highest BCUT2D eigenvalue weighted by Gasteiger charge is 2.11. The number of carboxylic acids is 1. The number of benzene rings is 1. The Hall–Kier alpha value is -2.24. The molecule has 1 N–H and O–H groups in total. The van der Waals surface area contributed by atoms with Gasteiger partial charge in [-0.25, -0.2) is 4.39 Å². The fraction of sp³-hybridized carbons (Fsp3) is 0.250. The van der Waals surface area contributed by atoms with Gasteiger partial charge in [0.25, 0.3) is 0 Å². The van der Waals surface area contributed by atoms with Crippen molar-refractivity contribution < 1.29 is 18.7 Å². The van der Waals surface area contributed by atoms with Crippen LogP contribution in [0.5, 0.6) is 0 Å². The molecule has 0 unspecified atom stereocenters. The lowest BCUT2D eigenvalue weighted by Gasteiger charge is -1.98. The third kappa shape index (κ3) is 2.71. The van der Waals surface area contributed by atoms with E-state index in [4.69, 9.17) is 9.52 Å². The predicted octanol–water partition coefficient (Wildman–Crippen LogP) is 2.20. The fourth-order valence-corrected chi connectivity index (χ4v) is 1.46. The number of aliphatic carboxylic acids is 1. The summed E-state index contributed by atoms with van der Waals surface area (Å²) in [5.74, 6) is -0.704. The summed E-state index contributed by atoms with van der Waals surface area (Å²) < 4.78 is 18.4. The van der Waals surface area contributed by atoms with Crippen molar-refractivity contribution in [2.75, 3.05) is 0 Å². The number of halogens is 1. The van der Waals surface area contributed by atoms with E-state index in [1.807, 2.05) is 0 Å². The standard InChI is InChI=1S/C12H11FN2O3/c1-7-6-8(2-3-9(7)13)12-15-14-10(18-12)4-5-11(16)17/h2-3,6H,4-5H2,1H3,(H,16,17). The molecule has 18 heavy (non-hydrogen) atoms. The molecule has 0 saturated heterocycles. The molecule has 1 aromatic carbocycles. The summed E-state index contributed by atoms with van der Waals surface area (Å²) in [6.45, 7) is 1.64. The SMILES string of the molecule is Cc1cc(-c2nnc(CCC(=O)O)o2)ccc1F. The molecule has 0 spiro atoms. The zero-order valence-corrected chi connectivity index (χ0v) is 9.68. The highest BCUT2D eigenvalue weighted by atomic mass is 19.1. The Kier molecular flexibility index (Phi) is 3.36. The van der Waals surface area contributed by atoms with Crippen LogP contribution in [0.2, 0.25) is 0 Å². The summed E-state index contributed by atoms with van der Waals surface area (Å²) in [5.41, 5.74) is 1.10. The van der Waals surface area contributed by atoms with Crippen LogP contribution in [0.25, 0.3) is 11.5 Å². The van der Waals surface area contributed by atoms with Gasteiger partial charge in [-0.05, 0) is 30.7 Å². The normalized spacial score (nSPS) is 10.6. The molecule has 0 aliphatic heterocycles. The number of aryl methyl sites for hydroxylation is 2. The Morgan fingerprint density at radius 3 is 2.89 bits per heavy atom. The van der Waals surface area contributed by atoms with Gasteiger partial charge in [-0.1, -0.05) is 0 Å². The van der Waals surface area contributed by atoms with Gasteiger partial charge < -0.3 is 9.52 Å². The summed E-state index contributed by atoms with van der Waals surface area (Å²) >= 11 is 0. The van der Waals surface area contributed by atoms with E-state index >= 15 is 0 Å². The summed E-state index contributed by atoms with van der Waals surface area (Å²) in [4.78, 5) is 10.4. The minimum atomic E-state index is -0.924. The summed E-state index contributed by atoms with van der Waals surface area (Å²) in [7, 11) is 0. The van der Waals surface area contributed by atoms with Crippen molar-refractivity contribution in [1.29, 1.82) is 0 Å². The van der Waals surface area contributed by atoms with E-state index in [9.17, 15) is 9.18 Å². The number of nitrogens with zero attached hydrogens (tertiary/aromatic N) is 2. The minimum absolute atomic E-state index is 0.0654. The van der Waals surface area contributed by atoms with E-state index in [1.165, 1.54) is 12.1 Å². The molecule has 2 rings (SSSR count). The van der Waals surface area contributed by atoms with Crippen LogP contribution in [0.4, 0.5) is 4.39 Å². The molecular weight excluding hydrogens is 239 g/mol. The Balaban J connectivity index is 2.18. The molecule has 0 bridgehead atoms. The molecule has 6 heteroatoms. The Bertz CT molecular complexity index is 580. The van der Waals surface area contributed by atoms with E-state index in [1.54, 1.807) is 13.0 Å². The molecule has 1 aromatic heterocycles. The van der Waals surface area contributed by atoms with Crippen LogP contribution in [0, 0.1) is 12.7 Å². The fourth-order valence-electron chi connectivity index (χ4n) is 1.46. The lowest BCUT2D eigenvalue weighted by molar-refractivity contribution is -0.137. The molecule has 0 fully saturated rings. The highest BCUT2D eigenvalue weighted by molar-refractivity contribution is 5.66. The summed E-state index contributed by atoms with van der Waals surface area (Å²) in [5, 5.41) is 16.1. The average Bonchev–Trinajstić information content (AvgIpc) is 2.79. The van der Waals surface area contributed by atoms with E-state index in [-0.39, 0.29) is 30.4 Å². The topological polar surface area (TPSA) is 76.2 Å². The molecule has 5 nitrogen and oxygen atoms in total. The van der Waals surface area contributed by atoms with Crippen LogP contribution >= 0.6 is 0 Å². The molecule has 1 heterocycles. The lowest BCUT2D eigenvalue weighted by Crippen LogP contribution is -1.97. The van der Waals surface area contributed by atoms with Crippen LogP contribution in [-0.2, 0) is 11.2 Å². The second kappa shape index (κ2) is 4.95. The van der Waals surface area contributed by atoms with Gasteiger partial charge in [0.15, 0.2) is 0 Å². The second-order valence-corrected chi connectivity index (χ2v) is 3.86. The van der Waals surface area contributed by atoms with Crippen molar-refractivity contribution in [2.24, 2.45) is 0 Å². The molecule has 0 radical (unpaired) electrons. The third-order valence-corrected chi connectivity index (χ3v) is 2.42. The molecule has 0 atom stereocenters. The maximum Gasteiger partial charge on any atom is 0.303 e. The third-order valence-electron chi connectivity index (χ3n) is 2.42. The number of hydrogen-bond donors (Lipinski definition) is 1. The first-order valence-corrected chi connectivity index (χ1v) is 5.37. The number of carboxylic acid groups (broad SMARTS) is 1.